The zero-order valence-electron chi connectivity index (χ0n) is 11.5. The Balaban J connectivity index is 2.41. The number of hydrogen-bond acceptors (Lipinski definition) is 6. The molecule has 0 spiro atoms. The van der Waals surface area contributed by atoms with Gasteiger partial charge >= 0.3 is 12.1 Å². The van der Waals surface area contributed by atoms with Gasteiger partial charge in [-0.1, -0.05) is 6.07 Å². The predicted molar refractivity (Wildman–Crippen MR) is 79.2 cm³/mol. The average molecular weight is 315 g/mol. The summed E-state index contributed by atoms with van der Waals surface area (Å²) >= 11 is 1.58. The molecule has 0 aromatic heterocycles. The van der Waals surface area contributed by atoms with Crippen molar-refractivity contribution in [2.24, 2.45) is 0 Å². The van der Waals surface area contributed by atoms with Crippen LogP contribution in [-0.4, -0.2) is 54.1 Å². The maximum absolute atomic E-state index is 11.5. The van der Waals surface area contributed by atoms with E-state index in [2.05, 4.69) is 5.32 Å². The van der Waals surface area contributed by atoms with Gasteiger partial charge < -0.3 is 19.7 Å². The normalized spacial score (nSPS) is 10.1. The summed E-state index contributed by atoms with van der Waals surface area (Å²) in [6.07, 6.45) is -0.750. The topological polar surface area (TPSA) is 105 Å². The smallest absolute Gasteiger partial charge is 0.411 e. The third kappa shape index (κ3) is 5.92. The number of carboxylic acid groups (broad SMARTS) is 1. The van der Waals surface area contributed by atoms with Crippen LogP contribution < -0.4 is 5.32 Å². The number of methoxy groups -OCH3 is 1. The number of carbonyl (C=O) groups is 2. The molecule has 0 aliphatic rings. The molecule has 0 aliphatic carbocycles. The molecule has 3 N–H and O–H groups in total. The highest BCUT2D eigenvalue weighted by Gasteiger charge is 2.14. The third-order valence-electron chi connectivity index (χ3n) is 2.40. The van der Waals surface area contributed by atoms with Crippen molar-refractivity contribution < 1.29 is 29.3 Å². The highest BCUT2D eigenvalue weighted by atomic mass is 32.2. The fraction of sp³-hybridized carbons (Fsp3) is 0.385. The number of carboxylic acids is 1. The van der Waals surface area contributed by atoms with Gasteiger partial charge in [-0.15, -0.1) is 0 Å². The fourth-order valence-corrected chi connectivity index (χ4v) is 2.09. The van der Waals surface area contributed by atoms with Gasteiger partial charge in [-0.05, 0) is 12.1 Å². The van der Waals surface area contributed by atoms with Gasteiger partial charge in [-0.3, -0.25) is 5.32 Å². The Bertz CT molecular complexity index is 494. The van der Waals surface area contributed by atoms with Crippen LogP contribution in [0.2, 0.25) is 0 Å². The van der Waals surface area contributed by atoms with E-state index in [1.54, 1.807) is 18.9 Å². The highest BCUT2D eigenvalue weighted by molar-refractivity contribution is 7.99. The molecule has 0 bridgehead atoms. The molecule has 8 heteroatoms. The second-order valence-corrected chi connectivity index (χ2v) is 5.10. The van der Waals surface area contributed by atoms with Crippen LogP contribution in [0, 0.1) is 0 Å². The molecule has 0 heterocycles. The molecule has 0 radical (unpaired) electrons. The van der Waals surface area contributed by atoms with Crippen molar-refractivity contribution in [1.82, 2.24) is 0 Å². The summed E-state index contributed by atoms with van der Waals surface area (Å²) in [5, 5.41) is 20.9. The summed E-state index contributed by atoms with van der Waals surface area (Å²) in [6, 6.07) is 4.04. The van der Waals surface area contributed by atoms with Crippen molar-refractivity contribution >= 4 is 29.5 Å². The zero-order valence-corrected chi connectivity index (χ0v) is 12.3. The average Bonchev–Trinajstić information content (AvgIpc) is 2.44. The van der Waals surface area contributed by atoms with E-state index in [-0.39, 0.29) is 17.9 Å². The Morgan fingerprint density at radius 2 is 2.00 bits per heavy atom. The molecule has 0 fully saturated rings. The molecule has 0 saturated heterocycles. The molecule has 21 heavy (non-hydrogen) atoms. The van der Waals surface area contributed by atoms with Crippen molar-refractivity contribution in [2.75, 3.05) is 37.1 Å². The number of rotatable bonds is 8. The quantitative estimate of drug-likeness (QED) is 0.498. The minimum absolute atomic E-state index is 0.00747. The number of aromatic hydroxyl groups is 1. The van der Waals surface area contributed by atoms with Gasteiger partial charge in [0.15, 0.2) is 5.75 Å². The van der Waals surface area contributed by atoms with E-state index in [0.29, 0.717) is 12.4 Å². The lowest BCUT2D eigenvalue weighted by Gasteiger charge is -2.09. The molecule has 1 rings (SSSR count). The van der Waals surface area contributed by atoms with Crippen molar-refractivity contribution in [3.63, 3.8) is 0 Å². The van der Waals surface area contributed by atoms with Gasteiger partial charge in [-0.2, -0.15) is 11.8 Å². The number of nitrogens with one attached hydrogen (secondary N) is 1. The Morgan fingerprint density at radius 3 is 2.67 bits per heavy atom. The predicted octanol–water partition coefficient (Wildman–Crippen LogP) is 2.02. The van der Waals surface area contributed by atoms with E-state index in [1.807, 2.05) is 0 Å². The number of carbonyl (C=O) groups excluding carboxylic acids is 1. The van der Waals surface area contributed by atoms with Crippen LogP contribution in [-0.2, 0) is 9.47 Å². The van der Waals surface area contributed by atoms with E-state index >= 15 is 0 Å². The van der Waals surface area contributed by atoms with E-state index in [4.69, 9.17) is 14.6 Å². The minimum atomic E-state index is -1.28. The summed E-state index contributed by atoms with van der Waals surface area (Å²) in [5.74, 6) is -0.351. The lowest BCUT2D eigenvalue weighted by Crippen LogP contribution is -2.16. The van der Waals surface area contributed by atoms with Gasteiger partial charge in [0, 0.05) is 18.6 Å². The highest BCUT2D eigenvalue weighted by Crippen LogP contribution is 2.27. The van der Waals surface area contributed by atoms with Crippen LogP contribution in [0.4, 0.5) is 10.5 Å². The Morgan fingerprint density at radius 1 is 1.29 bits per heavy atom. The number of anilines is 1. The lowest BCUT2D eigenvalue weighted by atomic mass is 10.2. The molecule has 7 nitrogen and oxygen atoms in total. The third-order valence-corrected chi connectivity index (χ3v) is 3.31. The monoisotopic (exact) mass is 315 g/mol. The number of benzene rings is 1. The summed E-state index contributed by atoms with van der Waals surface area (Å²) in [4.78, 5) is 22.3. The lowest BCUT2D eigenvalue weighted by molar-refractivity contribution is 0.0693. The Kier molecular flexibility index (Phi) is 7.41. The first-order valence-electron chi connectivity index (χ1n) is 6.12. The fourth-order valence-electron chi connectivity index (χ4n) is 1.40. The second kappa shape index (κ2) is 9.09. The second-order valence-electron chi connectivity index (χ2n) is 3.87. The van der Waals surface area contributed by atoms with Gasteiger partial charge in [0.25, 0.3) is 0 Å². The summed E-state index contributed by atoms with van der Waals surface area (Å²) in [7, 11) is 1.61. The van der Waals surface area contributed by atoms with Crippen molar-refractivity contribution in [2.45, 2.75) is 0 Å². The van der Waals surface area contributed by atoms with Gasteiger partial charge in [0.1, 0.15) is 12.2 Å². The van der Waals surface area contributed by atoms with Gasteiger partial charge in [0.05, 0.1) is 12.3 Å². The van der Waals surface area contributed by atoms with Crippen LogP contribution in [0.5, 0.6) is 5.75 Å². The van der Waals surface area contributed by atoms with Crippen molar-refractivity contribution in [1.29, 1.82) is 0 Å². The van der Waals surface area contributed by atoms with Crippen molar-refractivity contribution in [3.8, 4) is 5.75 Å². The minimum Gasteiger partial charge on any atom is -0.505 e. The Hall–Kier alpha value is -1.93. The van der Waals surface area contributed by atoms with Crippen LogP contribution in [0.15, 0.2) is 18.2 Å². The summed E-state index contributed by atoms with van der Waals surface area (Å²) < 4.78 is 9.79. The number of ether oxygens (including phenoxy) is 2. The molecule has 0 unspecified atom stereocenters. The summed E-state index contributed by atoms with van der Waals surface area (Å²) in [5.41, 5.74) is -0.296. The molecular formula is C13H17NO6S. The largest absolute Gasteiger partial charge is 0.505 e. The molecular weight excluding hydrogens is 298 g/mol. The van der Waals surface area contributed by atoms with Crippen LogP contribution in [0.25, 0.3) is 0 Å². The maximum atomic E-state index is 11.5. The van der Waals surface area contributed by atoms with E-state index in [0.717, 1.165) is 5.75 Å². The molecule has 116 valence electrons. The maximum Gasteiger partial charge on any atom is 0.411 e. The van der Waals surface area contributed by atoms with E-state index < -0.39 is 17.8 Å². The number of phenols is 1. The van der Waals surface area contributed by atoms with Crippen molar-refractivity contribution in [3.05, 3.63) is 23.8 Å². The Labute approximate surface area is 126 Å². The van der Waals surface area contributed by atoms with Crippen LogP contribution in [0.3, 0.4) is 0 Å². The summed E-state index contributed by atoms with van der Waals surface area (Å²) in [6.45, 7) is 0.840. The van der Waals surface area contributed by atoms with E-state index in [1.165, 1.54) is 18.2 Å². The zero-order chi connectivity index (χ0) is 15.7. The van der Waals surface area contributed by atoms with E-state index in [9.17, 15) is 14.7 Å². The number of aromatic carboxylic acids is 1. The van der Waals surface area contributed by atoms with Gasteiger partial charge in [0.2, 0.25) is 0 Å². The number of hydrogen-bond donors (Lipinski definition) is 3. The molecule has 0 aliphatic heterocycles. The van der Waals surface area contributed by atoms with Crippen LogP contribution >= 0.6 is 11.8 Å². The van der Waals surface area contributed by atoms with Crippen LogP contribution in [0.1, 0.15) is 10.4 Å². The number of thioether (sulfide) groups is 1. The SMILES string of the molecule is COCCSCCOC(=O)Nc1cccc(C(=O)O)c1O. The molecule has 1 amide bonds. The first kappa shape index (κ1) is 17.1. The molecule has 0 atom stereocenters. The standard InChI is InChI=1S/C13H17NO6S/c1-19-5-7-21-8-6-20-13(18)14-10-4-2-3-9(11(10)15)12(16)17/h2-4,15H,5-8H2,1H3,(H,14,18)(H,16,17). The molecule has 1 aromatic rings. The number of amides is 1. The first-order valence-corrected chi connectivity index (χ1v) is 7.27. The van der Waals surface area contributed by atoms with Gasteiger partial charge in [-0.25, -0.2) is 9.59 Å². The molecule has 0 saturated carbocycles. The number of para-hydroxylation sites is 1. The molecule has 1 aromatic carbocycles. The first-order chi connectivity index (χ1) is 10.1.